The Kier molecular flexibility index (Phi) is 4.94. The summed E-state index contributed by atoms with van der Waals surface area (Å²) in [7, 11) is 3.52. The summed E-state index contributed by atoms with van der Waals surface area (Å²) in [5.74, 6) is 0.0968. The number of likely N-dealkylation sites (N-methyl/N-ethyl adjacent to an activating group) is 1. The molecule has 0 saturated carbocycles. The van der Waals surface area contributed by atoms with Crippen LogP contribution in [-0.4, -0.2) is 54.0 Å². The Balaban J connectivity index is 2.02. The smallest absolute Gasteiger partial charge is 0.239 e. The van der Waals surface area contributed by atoms with Crippen molar-refractivity contribution < 1.29 is 9.90 Å². The van der Waals surface area contributed by atoms with Crippen molar-refractivity contribution in [3.8, 4) is 6.07 Å². The first-order valence-electron chi connectivity index (χ1n) is 7.16. The van der Waals surface area contributed by atoms with Gasteiger partial charge in [0.15, 0.2) is 0 Å². The second-order valence-electron chi connectivity index (χ2n) is 5.64. The molecule has 5 heteroatoms. The van der Waals surface area contributed by atoms with Crippen molar-refractivity contribution in [2.75, 3.05) is 27.2 Å². The molecule has 1 amide bonds. The topological polar surface area (TPSA) is 67.6 Å². The maximum Gasteiger partial charge on any atom is 0.239 e. The second kappa shape index (κ2) is 6.70. The third-order valence-corrected chi connectivity index (χ3v) is 3.92. The summed E-state index contributed by atoms with van der Waals surface area (Å²) in [6, 6.07) is 8.86. The van der Waals surface area contributed by atoms with E-state index in [0.29, 0.717) is 12.1 Å². The van der Waals surface area contributed by atoms with Gasteiger partial charge in [0.2, 0.25) is 5.91 Å². The molecule has 1 aliphatic heterocycles. The molecule has 2 atom stereocenters. The van der Waals surface area contributed by atoms with Crippen molar-refractivity contribution in [3.05, 3.63) is 35.4 Å². The van der Waals surface area contributed by atoms with Gasteiger partial charge in [-0.05, 0) is 37.1 Å². The van der Waals surface area contributed by atoms with Crippen molar-refractivity contribution in [1.82, 2.24) is 9.80 Å². The first-order chi connectivity index (χ1) is 10.0. The highest BCUT2D eigenvalue weighted by Gasteiger charge is 2.32. The molecular weight excluding hydrogens is 266 g/mol. The van der Waals surface area contributed by atoms with Gasteiger partial charge in [0.1, 0.15) is 0 Å². The van der Waals surface area contributed by atoms with Crippen molar-refractivity contribution in [2.45, 2.75) is 25.0 Å². The summed E-state index contributed by atoms with van der Waals surface area (Å²) in [4.78, 5) is 15.8. The predicted octanol–water partition coefficient (Wildman–Crippen LogP) is 1.14. The summed E-state index contributed by atoms with van der Waals surface area (Å²) < 4.78 is 0. The van der Waals surface area contributed by atoms with E-state index in [4.69, 9.17) is 5.26 Å². The number of hydrogen-bond acceptors (Lipinski definition) is 4. The highest BCUT2D eigenvalue weighted by molar-refractivity contribution is 5.81. The minimum Gasteiger partial charge on any atom is -0.387 e. The van der Waals surface area contributed by atoms with Crippen molar-refractivity contribution in [3.63, 3.8) is 0 Å². The van der Waals surface area contributed by atoms with Gasteiger partial charge < -0.3 is 10.0 Å². The fourth-order valence-electron chi connectivity index (χ4n) is 2.73. The number of likely N-dealkylation sites (tertiary alicyclic amines) is 1. The van der Waals surface area contributed by atoms with Crippen LogP contribution in [0.4, 0.5) is 0 Å². The van der Waals surface area contributed by atoms with Gasteiger partial charge in [-0.2, -0.15) is 5.26 Å². The number of β-amino-alcohol motifs (C(OH)–C–C–N with tert-alkyl or cyclic N) is 1. The monoisotopic (exact) mass is 287 g/mol. The predicted molar refractivity (Wildman–Crippen MR) is 79.4 cm³/mol. The maximum absolute atomic E-state index is 12.1. The summed E-state index contributed by atoms with van der Waals surface area (Å²) in [5.41, 5.74) is 1.35. The number of carbonyl (C=O) groups is 1. The van der Waals surface area contributed by atoms with Crippen LogP contribution in [0.15, 0.2) is 24.3 Å². The minimum absolute atomic E-state index is 0.0968. The van der Waals surface area contributed by atoms with E-state index in [1.165, 1.54) is 0 Å². The average Bonchev–Trinajstić information content (AvgIpc) is 2.94. The lowest BCUT2D eigenvalue weighted by atomic mass is 10.1. The lowest BCUT2D eigenvalue weighted by Crippen LogP contribution is -2.44. The molecule has 1 aromatic rings. The van der Waals surface area contributed by atoms with Crippen LogP contribution in [0, 0.1) is 11.3 Å². The van der Waals surface area contributed by atoms with Gasteiger partial charge in [-0.1, -0.05) is 12.1 Å². The molecule has 0 bridgehead atoms. The van der Waals surface area contributed by atoms with E-state index in [0.717, 1.165) is 24.9 Å². The Labute approximate surface area is 125 Å². The average molecular weight is 287 g/mol. The van der Waals surface area contributed by atoms with Crippen LogP contribution < -0.4 is 0 Å². The Morgan fingerprint density at radius 3 is 2.71 bits per heavy atom. The van der Waals surface area contributed by atoms with E-state index >= 15 is 0 Å². The summed E-state index contributed by atoms with van der Waals surface area (Å²) in [5, 5.41) is 19.1. The zero-order valence-electron chi connectivity index (χ0n) is 12.5. The molecule has 0 aromatic heterocycles. The van der Waals surface area contributed by atoms with E-state index in [-0.39, 0.29) is 11.9 Å². The molecule has 1 aromatic carbocycles. The number of nitrogens with zero attached hydrogens (tertiary/aromatic N) is 3. The maximum atomic E-state index is 12.1. The lowest BCUT2D eigenvalue weighted by molar-refractivity contribution is -0.133. The second-order valence-corrected chi connectivity index (χ2v) is 5.64. The molecule has 2 rings (SSSR count). The molecule has 112 valence electrons. The first-order valence-corrected chi connectivity index (χ1v) is 7.16. The van der Waals surface area contributed by atoms with E-state index in [2.05, 4.69) is 6.07 Å². The Hall–Kier alpha value is -1.90. The molecule has 0 spiro atoms. The number of hydrogen-bond donors (Lipinski definition) is 1. The molecule has 21 heavy (non-hydrogen) atoms. The largest absolute Gasteiger partial charge is 0.387 e. The number of carbonyl (C=O) groups excluding carboxylic acids is 1. The van der Waals surface area contributed by atoms with Crippen LogP contribution in [-0.2, 0) is 4.79 Å². The van der Waals surface area contributed by atoms with E-state index in [1.807, 2.05) is 4.90 Å². The molecular formula is C16H21N3O2. The van der Waals surface area contributed by atoms with E-state index in [9.17, 15) is 9.90 Å². The standard InChI is InChI=1S/C16H21N3O2/c1-18(2)16(21)14-4-3-9-19(14)11-15(20)13-7-5-12(10-17)6-8-13/h5-8,14-15,20H,3-4,9,11H2,1-2H3. The third-order valence-electron chi connectivity index (χ3n) is 3.92. The molecule has 2 unspecified atom stereocenters. The van der Waals surface area contributed by atoms with E-state index < -0.39 is 6.10 Å². The SMILES string of the molecule is CN(C)C(=O)C1CCCN1CC(O)c1ccc(C#N)cc1. The number of amides is 1. The lowest BCUT2D eigenvalue weighted by Gasteiger charge is -2.28. The first kappa shape index (κ1) is 15.5. The normalized spacial score (nSPS) is 20.0. The number of rotatable bonds is 4. The zero-order valence-corrected chi connectivity index (χ0v) is 12.5. The molecule has 1 N–H and O–H groups in total. The molecule has 0 aliphatic carbocycles. The Bertz CT molecular complexity index is 533. The molecule has 1 heterocycles. The number of benzene rings is 1. The number of aliphatic hydroxyl groups is 1. The third kappa shape index (κ3) is 3.60. The summed E-state index contributed by atoms with van der Waals surface area (Å²) >= 11 is 0. The van der Waals surface area contributed by atoms with Crippen LogP contribution >= 0.6 is 0 Å². The van der Waals surface area contributed by atoms with Gasteiger partial charge >= 0.3 is 0 Å². The Morgan fingerprint density at radius 1 is 1.48 bits per heavy atom. The summed E-state index contributed by atoms with van der Waals surface area (Å²) in [6.45, 7) is 1.27. The fraction of sp³-hybridized carbons (Fsp3) is 0.500. The van der Waals surface area contributed by atoms with Gasteiger partial charge in [-0.3, -0.25) is 9.69 Å². The number of aliphatic hydroxyl groups excluding tert-OH is 1. The highest BCUT2D eigenvalue weighted by atomic mass is 16.3. The zero-order chi connectivity index (χ0) is 15.4. The highest BCUT2D eigenvalue weighted by Crippen LogP contribution is 2.23. The Morgan fingerprint density at radius 2 is 2.14 bits per heavy atom. The van der Waals surface area contributed by atoms with Gasteiger partial charge in [0.25, 0.3) is 0 Å². The molecule has 5 nitrogen and oxygen atoms in total. The van der Waals surface area contributed by atoms with Crippen LogP contribution in [0.2, 0.25) is 0 Å². The van der Waals surface area contributed by atoms with Crippen LogP contribution in [0.5, 0.6) is 0 Å². The van der Waals surface area contributed by atoms with Gasteiger partial charge in [-0.15, -0.1) is 0 Å². The van der Waals surface area contributed by atoms with Crippen molar-refractivity contribution >= 4 is 5.91 Å². The van der Waals surface area contributed by atoms with Crippen molar-refractivity contribution in [1.29, 1.82) is 5.26 Å². The molecule has 1 aliphatic rings. The van der Waals surface area contributed by atoms with Gasteiger partial charge in [0.05, 0.1) is 23.8 Å². The fourth-order valence-corrected chi connectivity index (χ4v) is 2.73. The summed E-state index contributed by atoms with van der Waals surface area (Å²) in [6.07, 6.45) is 1.18. The van der Waals surface area contributed by atoms with Gasteiger partial charge in [0, 0.05) is 20.6 Å². The molecule has 0 radical (unpaired) electrons. The molecule has 1 fully saturated rings. The molecule has 1 saturated heterocycles. The van der Waals surface area contributed by atoms with Gasteiger partial charge in [-0.25, -0.2) is 0 Å². The van der Waals surface area contributed by atoms with Crippen LogP contribution in [0.1, 0.15) is 30.1 Å². The van der Waals surface area contributed by atoms with Crippen molar-refractivity contribution in [2.24, 2.45) is 0 Å². The quantitative estimate of drug-likeness (QED) is 0.902. The van der Waals surface area contributed by atoms with Crippen LogP contribution in [0.3, 0.4) is 0 Å². The van der Waals surface area contributed by atoms with Crippen LogP contribution in [0.25, 0.3) is 0 Å². The number of nitriles is 1. The van der Waals surface area contributed by atoms with E-state index in [1.54, 1.807) is 43.3 Å². The minimum atomic E-state index is -0.645.